The van der Waals surface area contributed by atoms with Gasteiger partial charge in [-0.05, 0) is 32.0 Å². The molecule has 0 atom stereocenters. The van der Waals surface area contributed by atoms with Crippen molar-refractivity contribution in [3.63, 3.8) is 0 Å². The largest absolute Gasteiger partial charge is 0.493 e. The van der Waals surface area contributed by atoms with Crippen molar-refractivity contribution in [2.24, 2.45) is 0 Å². The highest BCUT2D eigenvalue weighted by atomic mass is 16.5. The van der Waals surface area contributed by atoms with Gasteiger partial charge in [-0.2, -0.15) is 0 Å². The van der Waals surface area contributed by atoms with E-state index in [2.05, 4.69) is 5.32 Å². The van der Waals surface area contributed by atoms with Gasteiger partial charge in [0.25, 0.3) is 11.7 Å². The molecule has 0 fully saturated rings. The lowest BCUT2D eigenvalue weighted by Crippen LogP contribution is -2.33. The number of anilines is 1. The maximum absolute atomic E-state index is 13.0. The lowest BCUT2D eigenvalue weighted by molar-refractivity contribution is -0.131. The number of benzene rings is 2. The van der Waals surface area contributed by atoms with E-state index in [0.29, 0.717) is 35.7 Å². The molecule has 8 nitrogen and oxygen atoms in total. The molecular formula is C24H27N3O5. The molecule has 3 rings (SSSR count). The number of methoxy groups -OCH3 is 2. The van der Waals surface area contributed by atoms with Crippen LogP contribution in [-0.2, 0) is 16.1 Å². The number of carbonyl (C=O) groups excluding carboxylic acids is 3. The number of rotatable bonds is 9. The van der Waals surface area contributed by atoms with Gasteiger partial charge in [-0.3, -0.25) is 14.4 Å². The molecule has 1 N–H and O–H groups in total. The number of nitrogens with zero attached hydrogens (tertiary/aromatic N) is 2. The van der Waals surface area contributed by atoms with E-state index in [9.17, 15) is 14.4 Å². The van der Waals surface area contributed by atoms with Crippen LogP contribution in [0.1, 0.15) is 24.2 Å². The molecule has 3 aromatic rings. The quantitative estimate of drug-likeness (QED) is 0.410. The Kier molecular flexibility index (Phi) is 7.14. The topological polar surface area (TPSA) is 89.9 Å². The third kappa shape index (κ3) is 4.59. The van der Waals surface area contributed by atoms with Crippen LogP contribution >= 0.6 is 0 Å². The second-order valence-electron chi connectivity index (χ2n) is 7.11. The zero-order valence-electron chi connectivity index (χ0n) is 18.7. The third-order valence-corrected chi connectivity index (χ3v) is 5.30. The maximum atomic E-state index is 13.0. The number of carbonyl (C=O) groups is 3. The molecule has 0 unspecified atom stereocenters. The zero-order valence-corrected chi connectivity index (χ0v) is 18.7. The van der Waals surface area contributed by atoms with E-state index in [4.69, 9.17) is 9.47 Å². The Morgan fingerprint density at radius 1 is 0.969 bits per heavy atom. The van der Waals surface area contributed by atoms with Gasteiger partial charge >= 0.3 is 0 Å². The van der Waals surface area contributed by atoms with Crippen molar-refractivity contribution < 1.29 is 23.9 Å². The second kappa shape index (κ2) is 10.00. The predicted octanol–water partition coefficient (Wildman–Crippen LogP) is 3.35. The summed E-state index contributed by atoms with van der Waals surface area (Å²) in [6, 6.07) is 12.1. The van der Waals surface area contributed by atoms with Crippen LogP contribution in [0.2, 0.25) is 0 Å². The summed E-state index contributed by atoms with van der Waals surface area (Å²) >= 11 is 0. The first-order valence-electron chi connectivity index (χ1n) is 10.4. The molecule has 0 aliphatic heterocycles. The Hall–Kier alpha value is -3.81. The van der Waals surface area contributed by atoms with Gasteiger partial charge < -0.3 is 24.3 Å². The number of aromatic nitrogens is 1. The molecule has 0 saturated heterocycles. The minimum atomic E-state index is -0.782. The fraction of sp³-hybridized carbons (Fsp3) is 0.292. The highest BCUT2D eigenvalue weighted by Crippen LogP contribution is 2.30. The van der Waals surface area contributed by atoms with Crippen LogP contribution in [0.25, 0.3) is 10.9 Å². The number of likely N-dealkylation sites (N-methyl/N-ethyl adjacent to an activating group) is 1. The van der Waals surface area contributed by atoms with Crippen LogP contribution in [0.15, 0.2) is 48.7 Å². The molecule has 2 aromatic carbocycles. The molecule has 168 valence electrons. The molecule has 0 saturated carbocycles. The van der Waals surface area contributed by atoms with E-state index >= 15 is 0 Å². The predicted molar refractivity (Wildman–Crippen MR) is 122 cm³/mol. The lowest BCUT2D eigenvalue weighted by Gasteiger charge is -2.19. The molecule has 0 radical (unpaired) electrons. The molecule has 0 aliphatic rings. The van der Waals surface area contributed by atoms with Gasteiger partial charge in [0.05, 0.1) is 19.8 Å². The van der Waals surface area contributed by atoms with Crippen LogP contribution in [0.4, 0.5) is 5.69 Å². The lowest BCUT2D eigenvalue weighted by atomic mass is 10.1. The average Bonchev–Trinajstić information content (AvgIpc) is 3.17. The highest BCUT2D eigenvalue weighted by Gasteiger charge is 2.23. The van der Waals surface area contributed by atoms with Gasteiger partial charge in [0.15, 0.2) is 11.5 Å². The van der Waals surface area contributed by atoms with Gasteiger partial charge in [-0.1, -0.05) is 18.2 Å². The molecule has 1 aromatic heterocycles. The van der Waals surface area contributed by atoms with E-state index < -0.39 is 11.7 Å². The van der Waals surface area contributed by atoms with E-state index in [1.165, 1.54) is 14.2 Å². The average molecular weight is 437 g/mol. The fourth-order valence-corrected chi connectivity index (χ4v) is 3.60. The van der Waals surface area contributed by atoms with Crippen molar-refractivity contribution in [1.29, 1.82) is 0 Å². The Bertz CT molecular complexity index is 1150. The van der Waals surface area contributed by atoms with E-state index in [-0.39, 0.29) is 18.0 Å². The molecule has 0 aliphatic carbocycles. The summed E-state index contributed by atoms with van der Waals surface area (Å²) in [6.45, 7) is 5.14. The number of Topliss-reactive ketones (excluding diaryl/α,β-unsaturated/α-hetero) is 1. The third-order valence-electron chi connectivity index (χ3n) is 5.30. The van der Waals surface area contributed by atoms with Crippen LogP contribution in [0, 0.1) is 0 Å². The maximum Gasteiger partial charge on any atom is 0.296 e. The summed E-state index contributed by atoms with van der Waals surface area (Å²) in [7, 11) is 3.00. The standard InChI is InChI=1S/C24H27N3O5/c1-5-26(6-2)22(28)15-27-14-18(17-9-7-8-10-19(17)27)23(29)24(30)25-16-11-12-20(31-3)21(13-16)32-4/h7-14H,5-6,15H2,1-4H3,(H,25,30). The monoisotopic (exact) mass is 437 g/mol. The number of nitrogens with one attached hydrogen (secondary N) is 1. The minimum Gasteiger partial charge on any atom is -0.493 e. The van der Waals surface area contributed by atoms with Crippen molar-refractivity contribution in [2.75, 3.05) is 32.6 Å². The highest BCUT2D eigenvalue weighted by molar-refractivity contribution is 6.48. The number of amides is 2. The molecule has 0 spiro atoms. The normalized spacial score (nSPS) is 10.6. The number of ketones is 1. The van der Waals surface area contributed by atoms with Gasteiger partial charge in [0.2, 0.25) is 5.91 Å². The summed E-state index contributed by atoms with van der Waals surface area (Å²) in [5.41, 5.74) is 1.36. The van der Waals surface area contributed by atoms with Crippen LogP contribution in [0.3, 0.4) is 0 Å². The van der Waals surface area contributed by atoms with Gasteiger partial charge in [0, 0.05) is 41.9 Å². The molecule has 8 heteroatoms. The van der Waals surface area contributed by atoms with Crippen molar-refractivity contribution >= 4 is 34.2 Å². The van der Waals surface area contributed by atoms with E-state index in [1.807, 2.05) is 26.0 Å². The summed E-state index contributed by atoms with van der Waals surface area (Å²) in [5.74, 6) is -0.577. The molecule has 0 bridgehead atoms. The number of fused-ring (bicyclic) bond motifs is 1. The Morgan fingerprint density at radius 2 is 1.66 bits per heavy atom. The molecule has 32 heavy (non-hydrogen) atoms. The zero-order chi connectivity index (χ0) is 23.3. The van der Waals surface area contributed by atoms with Gasteiger partial charge in [-0.15, -0.1) is 0 Å². The Balaban J connectivity index is 1.88. The number of hydrogen-bond donors (Lipinski definition) is 1. The second-order valence-corrected chi connectivity index (χ2v) is 7.11. The van der Waals surface area contributed by atoms with E-state index in [1.54, 1.807) is 46.0 Å². The summed E-state index contributed by atoms with van der Waals surface area (Å²) in [6.07, 6.45) is 1.57. The first-order chi connectivity index (χ1) is 15.4. The minimum absolute atomic E-state index is 0.0514. The van der Waals surface area contributed by atoms with Crippen molar-refractivity contribution in [3.8, 4) is 11.5 Å². The van der Waals surface area contributed by atoms with Crippen LogP contribution in [-0.4, -0.2) is 54.4 Å². The Morgan fingerprint density at radius 3 is 2.31 bits per heavy atom. The van der Waals surface area contributed by atoms with Crippen molar-refractivity contribution in [1.82, 2.24) is 9.47 Å². The number of para-hydroxylation sites is 1. The SMILES string of the molecule is CCN(CC)C(=O)Cn1cc(C(=O)C(=O)Nc2ccc(OC)c(OC)c2)c2ccccc21. The summed E-state index contributed by atoms with van der Waals surface area (Å²) in [5, 5.41) is 3.23. The van der Waals surface area contributed by atoms with Crippen molar-refractivity contribution in [3.05, 3.63) is 54.2 Å². The summed E-state index contributed by atoms with van der Waals surface area (Å²) in [4.78, 5) is 40.1. The number of ether oxygens (including phenoxy) is 2. The van der Waals surface area contributed by atoms with Gasteiger partial charge in [-0.25, -0.2) is 0 Å². The smallest absolute Gasteiger partial charge is 0.296 e. The molecular weight excluding hydrogens is 410 g/mol. The Labute approximate surface area is 186 Å². The summed E-state index contributed by atoms with van der Waals surface area (Å²) < 4.78 is 12.1. The van der Waals surface area contributed by atoms with Gasteiger partial charge in [0.1, 0.15) is 6.54 Å². The first kappa shape index (κ1) is 22.9. The van der Waals surface area contributed by atoms with Crippen molar-refractivity contribution in [2.45, 2.75) is 20.4 Å². The number of hydrogen-bond acceptors (Lipinski definition) is 5. The van der Waals surface area contributed by atoms with Crippen LogP contribution in [0.5, 0.6) is 11.5 Å². The first-order valence-corrected chi connectivity index (χ1v) is 10.4. The van der Waals surface area contributed by atoms with Crippen LogP contribution < -0.4 is 14.8 Å². The molecule has 1 heterocycles. The van der Waals surface area contributed by atoms with E-state index in [0.717, 1.165) is 5.52 Å². The fourth-order valence-electron chi connectivity index (χ4n) is 3.60. The molecule has 2 amide bonds.